The van der Waals surface area contributed by atoms with Crippen LogP contribution < -0.4 is 0 Å². The fourth-order valence-electron chi connectivity index (χ4n) is 1.65. The molecule has 0 heterocycles. The molecule has 0 atom stereocenters. The lowest BCUT2D eigenvalue weighted by atomic mass is 10.0. The van der Waals surface area contributed by atoms with Gasteiger partial charge in [-0.15, -0.1) is 0 Å². The lowest BCUT2D eigenvalue weighted by Crippen LogP contribution is -2.07. The van der Waals surface area contributed by atoms with Crippen LogP contribution in [0.15, 0.2) is 36.4 Å². The van der Waals surface area contributed by atoms with Crippen molar-refractivity contribution in [3.8, 4) is 0 Å². The SMILES string of the molecule is O=C(Cc1ccc(Cl)c(F)c1)c1cccc(F)c1F. The number of hydrogen-bond acceptors (Lipinski definition) is 1. The minimum atomic E-state index is -1.19. The summed E-state index contributed by atoms with van der Waals surface area (Å²) < 4.78 is 39.6. The third-order valence-corrected chi connectivity index (χ3v) is 2.91. The van der Waals surface area contributed by atoms with Gasteiger partial charge in [-0.3, -0.25) is 4.79 Å². The van der Waals surface area contributed by atoms with Crippen molar-refractivity contribution >= 4 is 17.4 Å². The maximum absolute atomic E-state index is 13.4. The molecule has 2 rings (SSSR count). The summed E-state index contributed by atoms with van der Waals surface area (Å²) in [5.74, 6) is -3.57. The number of carbonyl (C=O) groups is 1. The summed E-state index contributed by atoms with van der Waals surface area (Å²) in [7, 11) is 0. The molecular formula is C14H8ClF3O. The first-order valence-corrected chi connectivity index (χ1v) is 5.78. The van der Waals surface area contributed by atoms with Crippen LogP contribution in [-0.4, -0.2) is 5.78 Å². The van der Waals surface area contributed by atoms with E-state index in [2.05, 4.69) is 0 Å². The van der Waals surface area contributed by atoms with Crippen molar-refractivity contribution in [1.82, 2.24) is 0 Å². The lowest BCUT2D eigenvalue weighted by molar-refractivity contribution is 0.0988. The van der Waals surface area contributed by atoms with Gasteiger partial charge < -0.3 is 0 Å². The molecule has 5 heteroatoms. The average molecular weight is 285 g/mol. The van der Waals surface area contributed by atoms with E-state index in [9.17, 15) is 18.0 Å². The summed E-state index contributed by atoms with van der Waals surface area (Å²) in [6, 6.07) is 7.22. The molecule has 2 aromatic rings. The van der Waals surface area contributed by atoms with Gasteiger partial charge in [-0.1, -0.05) is 23.7 Å². The standard InChI is InChI=1S/C14H8ClF3O/c15-10-5-4-8(6-12(10)17)7-13(19)9-2-1-3-11(16)14(9)18/h1-6H,7H2. The minimum Gasteiger partial charge on any atom is -0.294 e. The number of benzene rings is 2. The van der Waals surface area contributed by atoms with Crippen molar-refractivity contribution in [2.24, 2.45) is 0 Å². The van der Waals surface area contributed by atoms with Gasteiger partial charge in [0.05, 0.1) is 10.6 Å². The summed E-state index contributed by atoms with van der Waals surface area (Å²) in [5, 5.41) is -0.0619. The van der Waals surface area contributed by atoms with Gasteiger partial charge >= 0.3 is 0 Å². The Labute approximate surface area is 112 Å². The molecule has 0 unspecified atom stereocenters. The summed E-state index contributed by atoms with van der Waals surface area (Å²) in [6.07, 6.45) is -0.228. The highest BCUT2D eigenvalue weighted by molar-refractivity contribution is 6.30. The molecule has 19 heavy (non-hydrogen) atoms. The largest absolute Gasteiger partial charge is 0.294 e. The molecule has 2 aromatic carbocycles. The fraction of sp³-hybridized carbons (Fsp3) is 0.0714. The number of rotatable bonds is 3. The van der Waals surface area contributed by atoms with Crippen molar-refractivity contribution in [2.45, 2.75) is 6.42 Å². The van der Waals surface area contributed by atoms with E-state index in [1.807, 2.05) is 0 Å². The Balaban J connectivity index is 2.26. The second-order valence-corrected chi connectivity index (χ2v) is 4.36. The van der Waals surface area contributed by atoms with E-state index in [4.69, 9.17) is 11.6 Å². The number of ketones is 1. The van der Waals surface area contributed by atoms with Crippen molar-refractivity contribution in [2.75, 3.05) is 0 Å². The molecule has 0 aliphatic heterocycles. The van der Waals surface area contributed by atoms with E-state index in [1.165, 1.54) is 24.3 Å². The highest BCUT2D eigenvalue weighted by Gasteiger charge is 2.15. The van der Waals surface area contributed by atoms with Gasteiger partial charge in [0.15, 0.2) is 17.4 Å². The summed E-state index contributed by atoms with van der Waals surface area (Å²) in [4.78, 5) is 11.8. The van der Waals surface area contributed by atoms with E-state index < -0.39 is 23.2 Å². The quantitative estimate of drug-likeness (QED) is 0.773. The molecule has 0 spiro atoms. The Morgan fingerprint density at radius 1 is 1.05 bits per heavy atom. The zero-order valence-corrected chi connectivity index (χ0v) is 10.3. The molecule has 0 aliphatic rings. The first-order chi connectivity index (χ1) is 8.99. The minimum absolute atomic E-state index is 0.0619. The maximum Gasteiger partial charge on any atom is 0.170 e. The molecule has 0 fully saturated rings. The van der Waals surface area contributed by atoms with Gasteiger partial charge in [0.25, 0.3) is 0 Å². The molecule has 1 nitrogen and oxygen atoms in total. The normalized spacial score (nSPS) is 10.5. The predicted octanol–water partition coefficient (Wildman–Crippen LogP) is 4.18. The van der Waals surface area contributed by atoms with Crippen LogP contribution in [0.5, 0.6) is 0 Å². The molecule has 0 radical (unpaired) electrons. The van der Waals surface area contributed by atoms with Crippen molar-refractivity contribution in [3.05, 3.63) is 70.0 Å². The topological polar surface area (TPSA) is 17.1 Å². The van der Waals surface area contributed by atoms with E-state index in [0.717, 1.165) is 12.1 Å². The van der Waals surface area contributed by atoms with Crippen LogP contribution in [-0.2, 0) is 6.42 Å². The van der Waals surface area contributed by atoms with Crippen molar-refractivity contribution in [1.29, 1.82) is 0 Å². The summed E-state index contributed by atoms with van der Waals surface area (Å²) in [5.41, 5.74) is -0.00841. The Hall–Kier alpha value is -1.81. The molecule has 0 N–H and O–H groups in total. The zero-order chi connectivity index (χ0) is 14.0. The third-order valence-electron chi connectivity index (χ3n) is 2.60. The molecule has 0 amide bonds. The molecule has 0 saturated heterocycles. The number of hydrogen-bond donors (Lipinski definition) is 0. The van der Waals surface area contributed by atoms with E-state index in [1.54, 1.807) is 0 Å². The number of Topliss-reactive ketones (excluding diaryl/α,β-unsaturated/α-hetero) is 1. The predicted molar refractivity (Wildman–Crippen MR) is 65.8 cm³/mol. The van der Waals surface area contributed by atoms with Crippen molar-refractivity contribution in [3.63, 3.8) is 0 Å². The molecular weight excluding hydrogens is 277 g/mol. The maximum atomic E-state index is 13.4. The van der Waals surface area contributed by atoms with Gasteiger partial charge in [0.1, 0.15) is 5.82 Å². The summed E-state index contributed by atoms with van der Waals surface area (Å²) in [6.45, 7) is 0. The lowest BCUT2D eigenvalue weighted by Gasteiger charge is -2.04. The van der Waals surface area contributed by atoms with E-state index >= 15 is 0 Å². The number of carbonyl (C=O) groups excluding carboxylic acids is 1. The first-order valence-electron chi connectivity index (χ1n) is 5.40. The van der Waals surface area contributed by atoms with Crippen LogP contribution in [0.2, 0.25) is 5.02 Å². The van der Waals surface area contributed by atoms with E-state index in [0.29, 0.717) is 5.56 Å². The Morgan fingerprint density at radius 2 is 1.79 bits per heavy atom. The van der Waals surface area contributed by atoms with Crippen LogP contribution in [0.1, 0.15) is 15.9 Å². The summed E-state index contributed by atoms with van der Waals surface area (Å²) >= 11 is 5.51. The first kappa shape index (κ1) is 13.6. The van der Waals surface area contributed by atoms with Crippen LogP contribution >= 0.6 is 11.6 Å². The smallest absolute Gasteiger partial charge is 0.170 e. The van der Waals surface area contributed by atoms with Gasteiger partial charge in [0.2, 0.25) is 0 Å². The van der Waals surface area contributed by atoms with Gasteiger partial charge in [0, 0.05) is 6.42 Å². The molecule has 0 aliphatic carbocycles. The van der Waals surface area contributed by atoms with Crippen LogP contribution in [0.3, 0.4) is 0 Å². The monoisotopic (exact) mass is 284 g/mol. The number of halogens is 4. The second kappa shape index (κ2) is 5.45. The second-order valence-electron chi connectivity index (χ2n) is 3.95. The molecule has 0 bridgehead atoms. The molecule has 0 saturated carbocycles. The van der Waals surface area contributed by atoms with Gasteiger partial charge in [-0.05, 0) is 29.8 Å². The highest BCUT2D eigenvalue weighted by atomic mass is 35.5. The average Bonchev–Trinajstić information content (AvgIpc) is 2.37. The Kier molecular flexibility index (Phi) is 3.90. The van der Waals surface area contributed by atoms with Crippen LogP contribution in [0.25, 0.3) is 0 Å². The highest BCUT2D eigenvalue weighted by Crippen LogP contribution is 2.18. The Morgan fingerprint density at radius 3 is 2.47 bits per heavy atom. The van der Waals surface area contributed by atoms with Crippen LogP contribution in [0.4, 0.5) is 13.2 Å². The molecule has 98 valence electrons. The van der Waals surface area contributed by atoms with Crippen molar-refractivity contribution < 1.29 is 18.0 Å². The van der Waals surface area contributed by atoms with Crippen LogP contribution in [0, 0.1) is 17.5 Å². The fourth-order valence-corrected chi connectivity index (χ4v) is 1.77. The third kappa shape index (κ3) is 2.96. The zero-order valence-electron chi connectivity index (χ0n) is 9.59. The molecule has 0 aromatic heterocycles. The van der Waals surface area contributed by atoms with Gasteiger partial charge in [-0.2, -0.15) is 0 Å². The Bertz CT molecular complexity index is 641. The van der Waals surface area contributed by atoms with Gasteiger partial charge in [-0.25, -0.2) is 13.2 Å². The van der Waals surface area contributed by atoms with E-state index in [-0.39, 0.29) is 17.0 Å².